The van der Waals surface area contributed by atoms with Crippen molar-refractivity contribution in [1.29, 1.82) is 0 Å². The number of amides is 1. The van der Waals surface area contributed by atoms with Crippen LogP contribution in [0.25, 0.3) is 5.52 Å². The van der Waals surface area contributed by atoms with E-state index in [0.29, 0.717) is 23.4 Å². The summed E-state index contributed by atoms with van der Waals surface area (Å²) in [4.78, 5) is 28.6. The van der Waals surface area contributed by atoms with E-state index in [4.69, 9.17) is 9.47 Å². The van der Waals surface area contributed by atoms with E-state index in [2.05, 4.69) is 22.3 Å². The van der Waals surface area contributed by atoms with Gasteiger partial charge in [-0.25, -0.2) is 9.50 Å². The minimum Gasteiger partial charge on any atom is -0.456 e. The van der Waals surface area contributed by atoms with Gasteiger partial charge >= 0.3 is 5.97 Å². The Balaban J connectivity index is 1.48. The van der Waals surface area contributed by atoms with Gasteiger partial charge in [0.2, 0.25) is 5.91 Å². The summed E-state index contributed by atoms with van der Waals surface area (Å²) in [6, 6.07) is 3.45. The molecule has 1 saturated carbocycles. The molecule has 3 N–H and O–H groups in total. The molecule has 1 aliphatic heterocycles. The number of carbonyl (C=O) groups excluding carboxylic acids is 2. The Kier molecular flexibility index (Phi) is 6.67. The molecule has 10 heteroatoms. The Morgan fingerprint density at radius 3 is 2.65 bits per heavy atom. The number of aliphatic hydroxyl groups excluding tert-OH is 1. The lowest BCUT2D eigenvalue weighted by Gasteiger charge is -2.32. The lowest BCUT2D eigenvalue weighted by molar-refractivity contribution is -0.167. The molecule has 4 rings (SSSR count). The standard InChI is InChI=1S/C24H34N4O6/c1-5-6-7-8-9-10-17(29)27-20-15-11-12-16(28(15)26-13-25-20)23(4)22(31)24(32)18(19(24)34-23)33-21(30)14(2)3/h11-14,18-19,22,31-32H,5-10H2,1-4H3,(H,25,26,27,29)/t18?,19-,22+,23+,24-/m1/s1. The molecule has 1 amide bonds. The lowest BCUT2D eigenvalue weighted by Crippen LogP contribution is -2.46. The molecule has 0 aromatic carbocycles. The largest absolute Gasteiger partial charge is 0.456 e. The predicted octanol–water partition coefficient (Wildman–Crippen LogP) is 2.32. The number of aliphatic hydroxyl groups is 2. The summed E-state index contributed by atoms with van der Waals surface area (Å²) in [5.74, 6) is -0.571. The van der Waals surface area contributed by atoms with Gasteiger partial charge in [0, 0.05) is 6.42 Å². The fraction of sp³-hybridized carbons (Fsp3) is 0.667. The molecule has 34 heavy (non-hydrogen) atoms. The first-order valence-electron chi connectivity index (χ1n) is 12.1. The highest BCUT2D eigenvalue weighted by Gasteiger charge is 2.82. The van der Waals surface area contributed by atoms with Crippen LogP contribution in [0, 0.1) is 5.92 Å². The van der Waals surface area contributed by atoms with Gasteiger partial charge in [0.1, 0.15) is 29.7 Å². The number of fused-ring (bicyclic) bond motifs is 2. The molecule has 0 bridgehead atoms. The average Bonchev–Trinajstić information content (AvgIpc) is 3.09. The van der Waals surface area contributed by atoms with Crippen molar-refractivity contribution in [1.82, 2.24) is 14.6 Å². The van der Waals surface area contributed by atoms with Crippen LogP contribution in [0.15, 0.2) is 18.5 Å². The zero-order valence-corrected chi connectivity index (χ0v) is 20.2. The van der Waals surface area contributed by atoms with Crippen molar-refractivity contribution in [2.45, 2.75) is 95.7 Å². The van der Waals surface area contributed by atoms with Crippen molar-refractivity contribution >= 4 is 23.2 Å². The molecule has 2 fully saturated rings. The van der Waals surface area contributed by atoms with E-state index in [-0.39, 0.29) is 11.8 Å². The molecule has 186 valence electrons. The van der Waals surface area contributed by atoms with Crippen LogP contribution >= 0.6 is 0 Å². The first kappa shape index (κ1) is 24.6. The van der Waals surface area contributed by atoms with Gasteiger partial charge in [-0.05, 0) is 25.5 Å². The molecule has 1 aliphatic carbocycles. The molecule has 2 aliphatic rings. The van der Waals surface area contributed by atoms with Gasteiger partial charge in [0.05, 0.1) is 11.6 Å². The smallest absolute Gasteiger partial charge is 0.308 e. The fourth-order valence-corrected chi connectivity index (χ4v) is 4.68. The number of aromatic nitrogens is 3. The van der Waals surface area contributed by atoms with Crippen molar-refractivity contribution in [2.24, 2.45) is 5.92 Å². The van der Waals surface area contributed by atoms with Gasteiger partial charge in [-0.1, -0.05) is 46.5 Å². The zero-order chi connectivity index (χ0) is 24.7. The molecule has 10 nitrogen and oxygen atoms in total. The Morgan fingerprint density at radius 2 is 2.00 bits per heavy atom. The fourth-order valence-electron chi connectivity index (χ4n) is 4.68. The second-order valence-electron chi connectivity index (χ2n) is 9.78. The van der Waals surface area contributed by atoms with E-state index in [1.54, 1.807) is 32.9 Å². The number of unbranched alkanes of at least 4 members (excludes halogenated alkanes) is 4. The molecule has 1 unspecified atom stereocenters. The number of anilines is 1. The van der Waals surface area contributed by atoms with Crippen molar-refractivity contribution in [3.63, 3.8) is 0 Å². The average molecular weight is 475 g/mol. The number of esters is 1. The summed E-state index contributed by atoms with van der Waals surface area (Å²) in [6.45, 7) is 7.20. The molecule has 0 spiro atoms. The van der Waals surface area contributed by atoms with E-state index >= 15 is 0 Å². The van der Waals surface area contributed by atoms with Crippen LogP contribution in [0.3, 0.4) is 0 Å². The SMILES string of the molecule is CCCCCCCC(=O)Nc1ncnn2c([C@]3(C)O[C@@H]4C(OC(=O)C(C)C)[C@]4(O)[C@H]3O)ccc12. The van der Waals surface area contributed by atoms with E-state index < -0.39 is 35.5 Å². The minimum absolute atomic E-state index is 0.117. The van der Waals surface area contributed by atoms with Gasteiger partial charge in [0.15, 0.2) is 17.5 Å². The van der Waals surface area contributed by atoms with E-state index in [1.165, 1.54) is 17.3 Å². The quantitative estimate of drug-likeness (QED) is 0.353. The summed E-state index contributed by atoms with van der Waals surface area (Å²) in [7, 11) is 0. The maximum Gasteiger partial charge on any atom is 0.308 e. The Morgan fingerprint density at radius 1 is 1.26 bits per heavy atom. The van der Waals surface area contributed by atoms with E-state index in [0.717, 1.165) is 25.7 Å². The third-order valence-corrected chi connectivity index (χ3v) is 6.85. The van der Waals surface area contributed by atoms with Gasteiger partial charge in [-0.2, -0.15) is 5.10 Å². The molecule has 2 aromatic heterocycles. The molecule has 1 saturated heterocycles. The molecule has 2 aromatic rings. The summed E-state index contributed by atoms with van der Waals surface area (Å²) in [5, 5.41) is 29.2. The van der Waals surface area contributed by atoms with Crippen molar-refractivity contribution in [2.75, 3.05) is 5.32 Å². The number of nitrogens with zero attached hydrogens (tertiary/aromatic N) is 3. The normalized spacial score (nSPS) is 29.9. The van der Waals surface area contributed by atoms with Gasteiger partial charge in [0.25, 0.3) is 0 Å². The highest BCUT2D eigenvalue weighted by atomic mass is 16.6. The first-order chi connectivity index (χ1) is 16.1. The summed E-state index contributed by atoms with van der Waals surface area (Å²) in [6.07, 6.45) is 3.90. The molecule has 3 heterocycles. The maximum atomic E-state index is 12.4. The van der Waals surface area contributed by atoms with Crippen LogP contribution in [0.4, 0.5) is 5.82 Å². The summed E-state index contributed by atoms with van der Waals surface area (Å²) in [5.41, 5.74) is -1.96. The highest BCUT2D eigenvalue weighted by molar-refractivity contribution is 5.93. The number of ether oxygens (including phenoxy) is 2. The van der Waals surface area contributed by atoms with Crippen LogP contribution in [0.5, 0.6) is 0 Å². The molecular formula is C24H34N4O6. The summed E-state index contributed by atoms with van der Waals surface area (Å²) < 4.78 is 12.9. The van der Waals surface area contributed by atoms with Gasteiger partial charge < -0.3 is 25.0 Å². The Bertz CT molecular complexity index is 1070. The van der Waals surface area contributed by atoms with Crippen LogP contribution < -0.4 is 5.32 Å². The second-order valence-corrected chi connectivity index (χ2v) is 9.78. The number of rotatable bonds is 10. The Labute approximate surface area is 198 Å². The number of nitrogens with one attached hydrogen (secondary N) is 1. The van der Waals surface area contributed by atoms with E-state index in [9.17, 15) is 19.8 Å². The monoisotopic (exact) mass is 474 g/mol. The van der Waals surface area contributed by atoms with Crippen molar-refractivity contribution < 1.29 is 29.3 Å². The topological polar surface area (TPSA) is 135 Å². The lowest BCUT2D eigenvalue weighted by atomic mass is 9.91. The molecular weight excluding hydrogens is 440 g/mol. The van der Waals surface area contributed by atoms with Crippen molar-refractivity contribution in [3.05, 3.63) is 24.2 Å². The molecule has 5 atom stereocenters. The van der Waals surface area contributed by atoms with Gasteiger partial charge in [-0.3, -0.25) is 9.59 Å². The van der Waals surface area contributed by atoms with Crippen LogP contribution in [0.1, 0.15) is 71.9 Å². The zero-order valence-electron chi connectivity index (χ0n) is 20.2. The summed E-state index contributed by atoms with van der Waals surface area (Å²) >= 11 is 0. The second kappa shape index (κ2) is 9.24. The number of hydrogen-bond donors (Lipinski definition) is 3. The third-order valence-electron chi connectivity index (χ3n) is 6.85. The number of hydrogen-bond acceptors (Lipinski definition) is 8. The third kappa shape index (κ3) is 4.08. The highest BCUT2D eigenvalue weighted by Crippen LogP contribution is 2.59. The maximum absolute atomic E-state index is 12.4. The van der Waals surface area contributed by atoms with Crippen molar-refractivity contribution in [3.8, 4) is 0 Å². The number of carbonyl (C=O) groups is 2. The first-order valence-corrected chi connectivity index (χ1v) is 12.1. The minimum atomic E-state index is -1.69. The van der Waals surface area contributed by atoms with Crippen LogP contribution in [-0.2, 0) is 24.7 Å². The predicted molar refractivity (Wildman–Crippen MR) is 123 cm³/mol. The Hall–Kier alpha value is -2.56. The van der Waals surface area contributed by atoms with Crippen LogP contribution in [0.2, 0.25) is 0 Å². The van der Waals surface area contributed by atoms with Crippen LogP contribution in [-0.4, -0.2) is 60.6 Å². The van der Waals surface area contributed by atoms with E-state index in [1.807, 2.05) is 0 Å². The van der Waals surface area contributed by atoms with Gasteiger partial charge in [-0.15, -0.1) is 0 Å². The molecule has 0 radical (unpaired) electrons.